The van der Waals surface area contributed by atoms with E-state index in [1.807, 2.05) is 13.0 Å². The van der Waals surface area contributed by atoms with Crippen molar-refractivity contribution in [1.82, 2.24) is 9.97 Å². The zero-order valence-electron chi connectivity index (χ0n) is 12.9. The Bertz CT molecular complexity index is 734. The van der Waals surface area contributed by atoms with Gasteiger partial charge >= 0.3 is 0 Å². The highest BCUT2D eigenvalue weighted by atomic mass is 19.1. The number of nitrogens with one attached hydrogen (secondary N) is 1. The molecule has 23 heavy (non-hydrogen) atoms. The highest BCUT2D eigenvalue weighted by Crippen LogP contribution is 2.31. The molecule has 0 aliphatic carbocycles. The molecular formula is C17H19FN4O. The number of nitrogens with two attached hydrogens (primary N) is 1. The van der Waals surface area contributed by atoms with Gasteiger partial charge in [-0.1, -0.05) is 13.3 Å². The van der Waals surface area contributed by atoms with Crippen molar-refractivity contribution in [1.29, 1.82) is 0 Å². The largest absolute Gasteiger partial charge is 0.324 e. The molecular weight excluding hydrogens is 295 g/mol. The van der Waals surface area contributed by atoms with Gasteiger partial charge in [-0.15, -0.1) is 0 Å². The average Bonchev–Trinajstić information content (AvgIpc) is 2.55. The second-order valence-corrected chi connectivity index (χ2v) is 5.95. The van der Waals surface area contributed by atoms with Crippen LogP contribution in [0.4, 0.5) is 10.1 Å². The van der Waals surface area contributed by atoms with Crippen LogP contribution in [0.5, 0.6) is 0 Å². The number of nitrogens with zero attached hydrogens (tertiary/aromatic N) is 2. The summed E-state index contributed by atoms with van der Waals surface area (Å²) < 4.78 is 13.6. The van der Waals surface area contributed by atoms with Crippen LogP contribution in [-0.4, -0.2) is 15.9 Å². The maximum atomic E-state index is 13.6. The van der Waals surface area contributed by atoms with Crippen molar-refractivity contribution in [2.75, 3.05) is 5.32 Å². The van der Waals surface area contributed by atoms with Gasteiger partial charge in [0.05, 0.1) is 17.6 Å². The number of aromatic nitrogens is 2. The van der Waals surface area contributed by atoms with Gasteiger partial charge in [0.1, 0.15) is 0 Å². The Labute approximate surface area is 134 Å². The van der Waals surface area contributed by atoms with Crippen LogP contribution in [0.2, 0.25) is 0 Å². The fourth-order valence-electron chi connectivity index (χ4n) is 2.77. The van der Waals surface area contributed by atoms with Crippen LogP contribution in [0.25, 0.3) is 11.1 Å². The van der Waals surface area contributed by atoms with E-state index < -0.39 is 5.95 Å². The predicted molar refractivity (Wildman–Crippen MR) is 86.0 cm³/mol. The van der Waals surface area contributed by atoms with Crippen molar-refractivity contribution in [2.24, 2.45) is 11.7 Å². The summed E-state index contributed by atoms with van der Waals surface area (Å²) in [6.45, 7) is 1.88. The zero-order chi connectivity index (χ0) is 16.4. The second kappa shape index (κ2) is 6.42. The van der Waals surface area contributed by atoms with Crippen molar-refractivity contribution in [2.45, 2.75) is 32.2 Å². The molecule has 120 valence electrons. The topological polar surface area (TPSA) is 80.9 Å². The van der Waals surface area contributed by atoms with Crippen molar-refractivity contribution < 1.29 is 9.18 Å². The maximum absolute atomic E-state index is 13.6. The minimum atomic E-state index is -0.596. The Morgan fingerprint density at radius 2 is 2.13 bits per heavy atom. The smallest absolute Gasteiger partial charge is 0.227 e. The zero-order valence-corrected chi connectivity index (χ0v) is 12.9. The molecule has 3 rings (SSSR count). The SMILES string of the molecule is C[C@@H]1CCC[C@H](N)c2cc(ccn2)-c2cc(F)ncc2NC1=O. The van der Waals surface area contributed by atoms with Gasteiger partial charge in [0.15, 0.2) is 0 Å². The van der Waals surface area contributed by atoms with E-state index in [1.165, 1.54) is 12.3 Å². The minimum Gasteiger partial charge on any atom is -0.324 e. The number of hydrogen-bond donors (Lipinski definition) is 2. The number of carbonyl (C=O) groups is 1. The summed E-state index contributed by atoms with van der Waals surface area (Å²) in [5.74, 6) is -0.838. The normalized spacial score (nSPS) is 21.6. The van der Waals surface area contributed by atoms with Crippen LogP contribution >= 0.6 is 0 Å². The van der Waals surface area contributed by atoms with Gasteiger partial charge in [-0.2, -0.15) is 4.39 Å². The number of halogens is 1. The Kier molecular flexibility index (Phi) is 4.34. The first-order valence-electron chi connectivity index (χ1n) is 7.73. The standard InChI is InChI=1S/C17H19FN4O/c1-10-3-2-4-13(19)14-7-11(5-6-20-14)12-8-16(18)21-9-15(12)22-17(10)23/h5-10,13H,2-4,19H2,1H3,(H,22,23)/t10-,13+/m1/s1. The summed E-state index contributed by atoms with van der Waals surface area (Å²) >= 11 is 0. The molecule has 0 saturated heterocycles. The predicted octanol–water partition coefficient (Wildman–Crippen LogP) is 3.04. The lowest BCUT2D eigenvalue weighted by Gasteiger charge is -2.18. The summed E-state index contributed by atoms with van der Waals surface area (Å²) in [7, 11) is 0. The number of pyridine rings is 2. The van der Waals surface area contributed by atoms with Crippen LogP contribution in [0.1, 0.15) is 37.9 Å². The molecule has 5 nitrogen and oxygen atoms in total. The number of anilines is 1. The molecule has 3 heterocycles. The molecule has 2 aromatic heterocycles. The Hall–Kier alpha value is -2.34. The van der Waals surface area contributed by atoms with Crippen molar-refractivity contribution in [3.8, 4) is 11.1 Å². The summed E-state index contributed by atoms with van der Waals surface area (Å²) in [4.78, 5) is 20.3. The molecule has 0 radical (unpaired) electrons. The molecule has 1 aliphatic heterocycles. The van der Waals surface area contributed by atoms with E-state index in [4.69, 9.17) is 5.73 Å². The lowest BCUT2D eigenvalue weighted by Crippen LogP contribution is -2.22. The Morgan fingerprint density at radius 3 is 2.96 bits per heavy atom. The van der Waals surface area contributed by atoms with E-state index in [1.54, 1.807) is 12.3 Å². The van der Waals surface area contributed by atoms with Crippen molar-refractivity contribution >= 4 is 11.6 Å². The Morgan fingerprint density at radius 1 is 1.30 bits per heavy atom. The van der Waals surface area contributed by atoms with Crippen molar-refractivity contribution in [3.05, 3.63) is 42.2 Å². The van der Waals surface area contributed by atoms with Gasteiger partial charge in [0.25, 0.3) is 0 Å². The molecule has 6 heteroatoms. The fraction of sp³-hybridized carbons (Fsp3) is 0.353. The van der Waals surface area contributed by atoms with Gasteiger partial charge in [-0.3, -0.25) is 9.78 Å². The van der Waals surface area contributed by atoms with E-state index in [2.05, 4.69) is 15.3 Å². The maximum Gasteiger partial charge on any atom is 0.227 e. The molecule has 3 N–H and O–H groups in total. The molecule has 0 saturated carbocycles. The molecule has 2 atom stereocenters. The highest BCUT2D eigenvalue weighted by molar-refractivity contribution is 5.96. The van der Waals surface area contributed by atoms with Crippen LogP contribution in [0, 0.1) is 11.9 Å². The molecule has 2 aromatic rings. The number of amides is 1. The first kappa shape index (κ1) is 15.6. The lowest BCUT2D eigenvalue weighted by atomic mass is 9.96. The van der Waals surface area contributed by atoms with E-state index in [-0.39, 0.29) is 17.9 Å². The van der Waals surface area contributed by atoms with Crippen LogP contribution in [0.15, 0.2) is 30.6 Å². The third-order valence-corrected chi connectivity index (χ3v) is 4.20. The summed E-state index contributed by atoms with van der Waals surface area (Å²) in [5.41, 5.74) is 8.80. The van der Waals surface area contributed by atoms with Gasteiger partial charge < -0.3 is 11.1 Å². The van der Waals surface area contributed by atoms with Crippen molar-refractivity contribution in [3.63, 3.8) is 0 Å². The quantitative estimate of drug-likeness (QED) is 0.732. The molecule has 1 amide bonds. The average molecular weight is 314 g/mol. The third-order valence-electron chi connectivity index (χ3n) is 4.20. The van der Waals surface area contributed by atoms with E-state index in [9.17, 15) is 9.18 Å². The van der Waals surface area contributed by atoms with E-state index in [0.717, 1.165) is 30.5 Å². The van der Waals surface area contributed by atoms with Crippen LogP contribution in [0.3, 0.4) is 0 Å². The summed E-state index contributed by atoms with van der Waals surface area (Å²) in [6, 6.07) is 4.74. The van der Waals surface area contributed by atoms with Gasteiger partial charge in [0, 0.05) is 29.8 Å². The number of fused-ring (bicyclic) bond motifs is 4. The molecule has 1 aliphatic rings. The minimum absolute atomic E-state index is 0.0944. The highest BCUT2D eigenvalue weighted by Gasteiger charge is 2.19. The van der Waals surface area contributed by atoms with Gasteiger partial charge in [-0.05, 0) is 30.5 Å². The molecule has 0 fully saturated rings. The number of hydrogen-bond acceptors (Lipinski definition) is 4. The van der Waals surface area contributed by atoms with E-state index in [0.29, 0.717) is 11.3 Å². The summed E-state index contributed by atoms with van der Waals surface area (Å²) in [5, 5.41) is 2.86. The lowest BCUT2D eigenvalue weighted by molar-refractivity contribution is -0.119. The number of rotatable bonds is 0. The monoisotopic (exact) mass is 314 g/mol. The first-order chi connectivity index (χ1) is 11.0. The fourth-order valence-corrected chi connectivity index (χ4v) is 2.77. The number of carbonyl (C=O) groups excluding carboxylic acids is 1. The molecule has 0 unspecified atom stereocenters. The second-order valence-electron chi connectivity index (χ2n) is 5.95. The van der Waals surface area contributed by atoms with E-state index >= 15 is 0 Å². The van der Waals surface area contributed by atoms with Crippen LogP contribution in [-0.2, 0) is 4.79 Å². The van der Waals surface area contributed by atoms with Gasteiger partial charge in [-0.25, -0.2) is 4.98 Å². The van der Waals surface area contributed by atoms with Gasteiger partial charge in [0.2, 0.25) is 11.9 Å². The third kappa shape index (κ3) is 3.37. The van der Waals surface area contributed by atoms with Crippen LogP contribution < -0.4 is 11.1 Å². The Balaban J connectivity index is 2.12. The molecule has 2 bridgehead atoms. The molecule has 0 spiro atoms. The molecule has 0 aromatic carbocycles. The first-order valence-corrected chi connectivity index (χ1v) is 7.73. The summed E-state index contributed by atoms with van der Waals surface area (Å²) in [6.07, 6.45) is 5.34.